The van der Waals surface area contributed by atoms with Crippen molar-refractivity contribution in [2.24, 2.45) is 0 Å². The Hall–Kier alpha value is -0.610. The summed E-state index contributed by atoms with van der Waals surface area (Å²) in [7, 11) is 1.58. The van der Waals surface area contributed by atoms with Gasteiger partial charge < -0.3 is 14.8 Å². The Morgan fingerprint density at radius 3 is 3.09 bits per heavy atom. The van der Waals surface area contributed by atoms with Crippen molar-refractivity contribution < 1.29 is 14.3 Å². The van der Waals surface area contributed by atoms with Gasteiger partial charge >= 0.3 is 0 Å². The van der Waals surface area contributed by atoms with E-state index in [1.807, 2.05) is 0 Å². The molecule has 0 aromatic carbocycles. The minimum absolute atomic E-state index is 0.121. The third-order valence-corrected chi connectivity index (χ3v) is 1.61. The standard InChI is InChI=1S/C7H13NO3/c1-10-5-11-4-6-2-3-7(9)8-6/h6H,2-5H2,1H3,(H,8,9). The molecule has 1 heterocycles. The molecule has 1 aliphatic rings. The molecule has 4 heteroatoms. The molecule has 0 aromatic heterocycles. The van der Waals surface area contributed by atoms with E-state index >= 15 is 0 Å². The van der Waals surface area contributed by atoms with Gasteiger partial charge in [0.2, 0.25) is 5.91 Å². The van der Waals surface area contributed by atoms with E-state index in [1.165, 1.54) is 0 Å². The highest BCUT2D eigenvalue weighted by Gasteiger charge is 2.20. The number of carbonyl (C=O) groups excluding carboxylic acids is 1. The Labute approximate surface area is 65.9 Å². The zero-order valence-corrected chi connectivity index (χ0v) is 6.63. The van der Waals surface area contributed by atoms with E-state index in [2.05, 4.69) is 5.32 Å². The number of hydrogen-bond donors (Lipinski definition) is 1. The van der Waals surface area contributed by atoms with E-state index in [0.717, 1.165) is 6.42 Å². The quantitative estimate of drug-likeness (QED) is 0.459. The number of carbonyl (C=O) groups is 1. The molecule has 1 unspecified atom stereocenters. The van der Waals surface area contributed by atoms with Crippen LogP contribution in [-0.2, 0) is 14.3 Å². The molecule has 1 saturated heterocycles. The van der Waals surface area contributed by atoms with Gasteiger partial charge in [-0.3, -0.25) is 4.79 Å². The van der Waals surface area contributed by atoms with Crippen molar-refractivity contribution in [3.8, 4) is 0 Å². The van der Waals surface area contributed by atoms with Crippen LogP contribution in [0, 0.1) is 0 Å². The van der Waals surface area contributed by atoms with E-state index in [4.69, 9.17) is 9.47 Å². The van der Waals surface area contributed by atoms with Gasteiger partial charge in [-0.05, 0) is 6.42 Å². The fourth-order valence-electron chi connectivity index (χ4n) is 1.08. The summed E-state index contributed by atoms with van der Waals surface area (Å²) in [5.41, 5.74) is 0. The fraction of sp³-hybridized carbons (Fsp3) is 0.857. The SMILES string of the molecule is COCOCC1CCC(=O)N1. The van der Waals surface area contributed by atoms with Crippen LogP contribution >= 0.6 is 0 Å². The van der Waals surface area contributed by atoms with E-state index < -0.39 is 0 Å². The van der Waals surface area contributed by atoms with Crippen molar-refractivity contribution in [3.05, 3.63) is 0 Å². The van der Waals surface area contributed by atoms with Gasteiger partial charge in [0.15, 0.2) is 0 Å². The summed E-state index contributed by atoms with van der Waals surface area (Å²) in [6.07, 6.45) is 1.50. The second kappa shape index (κ2) is 4.31. The first-order valence-electron chi connectivity index (χ1n) is 3.69. The molecule has 64 valence electrons. The Morgan fingerprint density at radius 1 is 1.73 bits per heavy atom. The second-order valence-corrected chi connectivity index (χ2v) is 2.58. The zero-order valence-electron chi connectivity index (χ0n) is 6.63. The lowest BCUT2D eigenvalue weighted by Crippen LogP contribution is -2.29. The minimum atomic E-state index is 0.121. The molecule has 0 aliphatic carbocycles. The van der Waals surface area contributed by atoms with Crippen LogP contribution in [0.1, 0.15) is 12.8 Å². The van der Waals surface area contributed by atoms with Gasteiger partial charge in [-0.1, -0.05) is 0 Å². The van der Waals surface area contributed by atoms with Crippen LogP contribution in [0.3, 0.4) is 0 Å². The maximum atomic E-state index is 10.7. The molecule has 1 aliphatic heterocycles. The molecule has 4 nitrogen and oxygen atoms in total. The maximum Gasteiger partial charge on any atom is 0.220 e. The first-order valence-corrected chi connectivity index (χ1v) is 3.69. The van der Waals surface area contributed by atoms with Gasteiger partial charge in [0.1, 0.15) is 6.79 Å². The average Bonchev–Trinajstić information content (AvgIpc) is 2.37. The van der Waals surface area contributed by atoms with Gasteiger partial charge in [-0.15, -0.1) is 0 Å². The van der Waals surface area contributed by atoms with Crippen molar-refractivity contribution in [1.29, 1.82) is 0 Å². The number of rotatable bonds is 4. The van der Waals surface area contributed by atoms with E-state index in [0.29, 0.717) is 19.8 Å². The summed E-state index contributed by atoms with van der Waals surface area (Å²) < 4.78 is 9.77. The lowest BCUT2D eigenvalue weighted by atomic mass is 10.2. The lowest BCUT2D eigenvalue weighted by molar-refractivity contribution is -0.119. The molecule has 1 N–H and O–H groups in total. The van der Waals surface area contributed by atoms with Gasteiger partial charge in [-0.2, -0.15) is 0 Å². The largest absolute Gasteiger partial charge is 0.359 e. The van der Waals surface area contributed by atoms with E-state index in [9.17, 15) is 4.79 Å². The first-order chi connectivity index (χ1) is 5.33. The summed E-state index contributed by atoms with van der Waals surface area (Å²) in [6, 6.07) is 0.192. The molecule has 0 bridgehead atoms. The van der Waals surface area contributed by atoms with E-state index in [-0.39, 0.29) is 11.9 Å². The summed E-state index contributed by atoms with van der Waals surface area (Å²) in [5, 5.41) is 2.79. The topological polar surface area (TPSA) is 47.6 Å². The molecule has 0 saturated carbocycles. The monoisotopic (exact) mass is 159 g/mol. The predicted molar refractivity (Wildman–Crippen MR) is 39.0 cm³/mol. The summed E-state index contributed by atoms with van der Waals surface area (Å²) in [4.78, 5) is 10.7. The second-order valence-electron chi connectivity index (χ2n) is 2.58. The van der Waals surface area contributed by atoms with Crippen molar-refractivity contribution in [3.63, 3.8) is 0 Å². The summed E-state index contributed by atoms with van der Waals surface area (Å²) >= 11 is 0. The predicted octanol–water partition coefficient (Wildman–Crippen LogP) is -0.114. The molecule has 1 fully saturated rings. The summed E-state index contributed by atoms with van der Waals surface area (Å²) in [6.45, 7) is 0.853. The van der Waals surface area contributed by atoms with Gasteiger partial charge in [0.05, 0.1) is 12.6 Å². The van der Waals surface area contributed by atoms with Crippen LogP contribution < -0.4 is 5.32 Å². The normalized spacial score (nSPS) is 23.7. The zero-order chi connectivity index (χ0) is 8.10. The number of methoxy groups -OCH3 is 1. The highest BCUT2D eigenvalue weighted by atomic mass is 16.7. The highest BCUT2D eigenvalue weighted by molar-refractivity contribution is 5.78. The average molecular weight is 159 g/mol. The smallest absolute Gasteiger partial charge is 0.220 e. The van der Waals surface area contributed by atoms with Crippen molar-refractivity contribution in [1.82, 2.24) is 5.32 Å². The van der Waals surface area contributed by atoms with Crippen LogP contribution in [0.25, 0.3) is 0 Å². The third kappa shape index (κ3) is 2.86. The molecular formula is C7H13NO3. The van der Waals surface area contributed by atoms with Crippen molar-refractivity contribution >= 4 is 5.91 Å². The molecular weight excluding hydrogens is 146 g/mol. The Kier molecular flexibility index (Phi) is 3.32. The number of nitrogens with one attached hydrogen (secondary N) is 1. The molecule has 0 aromatic rings. The minimum Gasteiger partial charge on any atom is -0.359 e. The molecule has 0 spiro atoms. The van der Waals surface area contributed by atoms with E-state index in [1.54, 1.807) is 7.11 Å². The van der Waals surface area contributed by atoms with Crippen molar-refractivity contribution in [2.75, 3.05) is 20.5 Å². The lowest BCUT2D eigenvalue weighted by Gasteiger charge is -2.08. The van der Waals surface area contributed by atoms with Crippen LogP contribution in [-0.4, -0.2) is 32.5 Å². The fourth-order valence-corrected chi connectivity index (χ4v) is 1.08. The highest BCUT2D eigenvalue weighted by Crippen LogP contribution is 2.06. The van der Waals surface area contributed by atoms with Crippen molar-refractivity contribution in [2.45, 2.75) is 18.9 Å². The number of ether oxygens (including phenoxy) is 2. The van der Waals surface area contributed by atoms with Crippen LogP contribution in [0.5, 0.6) is 0 Å². The first kappa shape index (κ1) is 8.49. The maximum absolute atomic E-state index is 10.7. The van der Waals surface area contributed by atoms with Gasteiger partial charge in [0, 0.05) is 13.5 Å². The summed E-state index contributed by atoms with van der Waals surface area (Å²) in [5.74, 6) is 0.121. The molecule has 0 radical (unpaired) electrons. The van der Waals surface area contributed by atoms with Crippen LogP contribution in [0.4, 0.5) is 0 Å². The molecule has 1 rings (SSSR count). The molecule has 11 heavy (non-hydrogen) atoms. The Balaban J connectivity index is 2.04. The Bertz CT molecular complexity index is 138. The molecule has 1 atom stereocenters. The number of amides is 1. The molecule has 1 amide bonds. The number of hydrogen-bond acceptors (Lipinski definition) is 3. The Morgan fingerprint density at radius 2 is 2.55 bits per heavy atom. The van der Waals surface area contributed by atoms with Crippen LogP contribution in [0.2, 0.25) is 0 Å². The third-order valence-electron chi connectivity index (χ3n) is 1.61. The van der Waals surface area contributed by atoms with Gasteiger partial charge in [-0.25, -0.2) is 0 Å². The van der Waals surface area contributed by atoms with Gasteiger partial charge in [0.25, 0.3) is 0 Å². The van der Waals surface area contributed by atoms with Crippen LogP contribution in [0.15, 0.2) is 0 Å².